The number of carbonyl (C=O) groups excluding carboxylic acids is 1. The first-order valence-electron chi connectivity index (χ1n) is 7.13. The molecule has 0 aliphatic carbocycles. The van der Waals surface area contributed by atoms with E-state index in [1.165, 1.54) is 19.2 Å². The van der Waals surface area contributed by atoms with Crippen LogP contribution in [-0.4, -0.2) is 41.3 Å². The van der Waals surface area contributed by atoms with Gasteiger partial charge in [-0.2, -0.15) is 0 Å². The summed E-state index contributed by atoms with van der Waals surface area (Å²) in [5.74, 6) is 0.386. The summed E-state index contributed by atoms with van der Waals surface area (Å²) in [7, 11) is -2.06. The van der Waals surface area contributed by atoms with Gasteiger partial charge in [0.2, 0.25) is 10.0 Å². The van der Waals surface area contributed by atoms with Crippen molar-refractivity contribution in [2.45, 2.75) is 17.9 Å². The van der Waals surface area contributed by atoms with Gasteiger partial charge >= 0.3 is 6.03 Å². The van der Waals surface area contributed by atoms with E-state index < -0.39 is 10.0 Å². The van der Waals surface area contributed by atoms with Crippen molar-refractivity contribution in [1.29, 1.82) is 0 Å². The highest BCUT2D eigenvalue weighted by molar-refractivity contribution is 7.89. The smallest absolute Gasteiger partial charge is 0.315 e. The number of hydrogen-bond acceptors (Lipinski definition) is 4. The lowest BCUT2D eigenvalue weighted by atomic mass is 10.1. The highest BCUT2D eigenvalue weighted by atomic mass is 32.2. The number of sulfonamides is 1. The highest BCUT2D eigenvalue weighted by Gasteiger charge is 2.16. The van der Waals surface area contributed by atoms with Crippen LogP contribution in [0.15, 0.2) is 29.2 Å². The van der Waals surface area contributed by atoms with Crippen molar-refractivity contribution in [3.05, 3.63) is 29.8 Å². The van der Waals surface area contributed by atoms with Gasteiger partial charge in [-0.3, -0.25) is 0 Å². The van der Waals surface area contributed by atoms with Gasteiger partial charge in [-0.25, -0.2) is 17.9 Å². The van der Waals surface area contributed by atoms with Crippen LogP contribution in [-0.2, 0) is 21.3 Å². The van der Waals surface area contributed by atoms with E-state index in [9.17, 15) is 13.2 Å². The monoisotopic (exact) mass is 327 g/mol. The minimum Gasteiger partial charge on any atom is -0.381 e. The van der Waals surface area contributed by atoms with Crippen LogP contribution in [0.2, 0.25) is 0 Å². The molecule has 1 atom stereocenters. The molecule has 22 heavy (non-hydrogen) atoms. The average Bonchev–Trinajstić information content (AvgIpc) is 3.05. The Morgan fingerprint density at radius 3 is 2.59 bits per heavy atom. The summed E-state index contributed by atoms with van der Waals surface area (Å²) < 4.78 is 30.7. The largest absolute Gasteiger partial charge is 0.381 e. The Morgan fingerprint density at radius 1 is 1.27 bits per heavy atom. The topological polar surface area (TPSA) is 96.5 Å². The van der Waals surface area contributed by atoms with Crippen LogP contribution in [0.1, 0.15) is 12.0 Å². The lowest BCUT2D eigenvalue weighted by Crippen LogP contribution is -2.38. The third-order valence-corrected chi connectivity index (χ3v) is 4.96. The van der Waals surface area contributed by atoms with Crippen LogP contribution in [0.3, 0.4) is 0 Å². The minimum absolute atomic E-state index is 0.199. The van der Waals surface area contributed by atoms with Gasteiger partial charge in [0.05, 0.1) is 11.5 Å². The molecule has 1 fully saturated rings. The van der Waals surface area contributed by atoms with Gasteiger partial charge in [0.25, 0.3) is 0 Å². The van der Waals surface area contributed by atoms with E-state index in [2.05, 4.69) is 15.4 Å². The average molecular weight is 327 g/mol. The number of benzene rings is 1. The SMILES string of the molecule is CNS(=O)(=O)c1ccc(CNC(=O)NC[C@@H]2CCOC2)cc1. The molecule has 0 aromatic heterocycles. The third kappa shape index (κ3) is 4.69. The molecule has 2 amide bonds. The molecular weight excluding hydrogens is 306 g/mol. The number of ether oxygens (including phenoxy) is 1. The van der Waals surface area contributed by atoms with Crippen molar-refractivity contribution < 1.29 is 17.9 Å². The van der Waals surface area contributed by atoms with E-state index in [-0.39, 0.29) is 10.9 Å². The maximum absolute atomic E-state index is 11.7. The maximum atomic E-state index is 11.7. The maximum Gasteiger partial charge on any atom is 0.315 e. The highest BCUT2D eigenvalue weighted by Crippen LogP contribution is 2.11. The van der Waals surface area contributed by atoms with Crippen molar-refractivity contribution in [3.8, 4) is 0 Å². The van der Waals surface area contributed by atoms with Gasteiger partial charge in [-0.1, -0.05) is 12.1 Å². The van der Waals surface area contributed by atoms with Crippen molar-refractivity contribution in [2.75, 3.05) is 26.8 Å². The Kier molecular flexibility index (Phi) is 5.76. The summed E-state index contributed by atoms with van der Waals surface area (Å²) in [6, 6.07) is 6.14. The Labute approximate surface area is 130 Å². The van der Waals surface area contributed by atoms with Gasteiger partial charge < -0.3 is 15.4 Å². The molecule has 1 aromatic carbocycles. The summed E-state index contributed by atoms with van der Waals surface area (Å²) >= 11 is 0. The minimum atomic E-state index is -3.43. The third-order valence-electron chi connectivity index (χ3n) is 3.53. The molecule has 0 spiro atoms. The van der Waals surface area contributed by atoms with E-state index in [1.54, 1.807) is 12.1 Å². The fraction of sp³-hybridized carbons (Fsp3) is 0.500. The normalized spacial score (nSPS) is 18.1. The molecule has 0 saturated carbocycles. The van der Waals surface area contributed by atoms with Gasteiger partial charge in [0.15, 0.2) is 0 Å². The van der Waals surface area contributed by atoms with Crippen molar-refractivity contribution >= 4 is 16.1 Å². The zero-order valence-corrected chi connectivity index (χ0v) is 13.3. The molecule has 1 heterocycles. The standard InChI is InChI=1S/C14H21N3O4S/c1-15-22(19,20)13-4-2-11(3-5-13)8-16-14(18)17-9-12-6-7-21-10-12/h2-5,12,15H,6-10H2,1H3,(H2,16,17,18)/t12-/m0/s1. The van der Waals surface area contributed by atoms with Crippen molar-refractivity contribution in [2.24, 2.45) is 5.92 Å². The number of amides is 2. The predicted molar refractivity (Wildman–Crippen MR) is 81.9 cm³/mol. The molecule has 1 aliphatic heterocycles. The van der Waals surface area contributed by atoms with Crippen LogP contribution in [0.25, 0.3) is 0 Å². The molecule has 1 aromatic rings. The number of urea groups is 1. The molecule has 0 bridgehead atoms. The van der Waals surface area contributed by atoms with Crippen LogP contribution in [0, 0.1) is 5.92 Å². The van der Waals surface area contributed by atoms with E-state index in [0.29, 0.717) is 25.6 Å². The number of nitrogens with one attached hydrogen (secondary N) is 3. The Hall–Kier alpha value is -1.64. The molecular formula is C14H21N3O4S. The first-order chi connectivity index (χ1) is 10.5. The number of rotatable bonds is 6. The summed E-state index contributed by atoms with van der Waals surface area (Å²) in [6.07, 6.45) is 0.974. The van der Waals surface area contributed by atoms with E-state index in [4.69, 9.17) is 4.74 Å². The van der Waals surface area contributed by atoms with Gasteiger partial charge in [-0.15, -0.1) is 0 Å². The zero-order chi connectivity index (χ0) is 16.0. The van der Waals surface area contributed by atoms with Crippen molar-refractivity contribution in [1.82, 2.24) is 15.4 Å². The molecule has 1 saturated heterocycles. The zero-order valence-electron chi connectivity index (χ0n) is 12.5. The molecule has 7 nitrogen and oxygen atoms in total. The molecule has 122 valence electrons. The van der Waals surface area contributed by atoms with Crippen LogP contribution in [0.4, 0.5) is 4.79 Å². The van der Waals surface area contributed by atoms with Gasteiger partial charge in [0.1, 0.15) is 0 Å². The first kappa shape index (κ1) is 16.7. The van der Waals surface area contributed by atoms with Gasteiger partial charge in [0, 0.05) is 25.6 Å². The Morgan fingerprint density at radius 2 is 2.00 bits per heavy atom. The first-order valence-corrected chi connectivity index (χ1v) is 8.61. The van der Waals surface area contributed by atoms with Crippen molar-refractivity contribution in [3.63, 3.8) is 0 Å². The summed E-state index contributed by atoms with van der Waals surface area (Å²) in [4.78, 5) is 11.9. The fourth-order valence-corrected chi connectivity index (χ4v) is 2.86. The molecule has 8 heteroatoms. The van der Waals surface area contributed by atoms with Gasteiger partial charge in [-0.05, 0) is 31.2 Å². The van der Waals surface area contributed by atoms with E-state index in [1.807, 2.05) is 0 Å². The Balaban J connectivity index is 1.77. The Bertz CT molecular complexity index is 595. The van der Waals surface area contributed by atoms with E-state index in [0.717, 1.165) is 18.6 Å². The molecule has 2 rings (SSSR count). The molecule has 3 N–H and O–H groups in total. The predicted octanol–water partition coefficient (Wildman–Crippen LogP) is 0.430. The fourth-order valence-electron chi connectivity index (χ4n) is 2.13. The second kappa shape index (κ2) is 7.57. The summed E-state index contributed by atoms with van der Waals surface area (Å²) in [6.45, 7) is 2.40. The molecule has 1 aliphatic rings. The van der Waals surface area contributed by atoms with Crippen LogP contribution in [0.5, 0.6) is 0 Å². The molecule has 0 radical (unpaired) electrons. The van der Waals surface area contributed by atoms with E-state index >= 15 is 0 Å². The van der Waals surface area contributed by atoms with Crippen LogP contribution < -0.4 is 15.4 Å². The quantitative estimate of drug-likeness (QED) is 0.706. The number of hydrogen-bond donors (Lipinski definition) is 3. The summed E-state index contributed by atoms with van der Waals surface area (Å²) in [5, 5.41) is 5.54. The van der Waals surface area contributed by atoms with Crippen LogP contribution >= 0.6 is 0 Å². The second-order valence-electron chi connectivity index (χ2n) is 5.14. The lowest BCUT2D eigenvalue weighted by Gasteiger charge is -2.11. The second-order valence-corrected chi connectivity index (χ2v) is 7.03. The molecule has 0 unspecified atom stereocenters. The summed E-state index contributed by atoms with van der Waals surface area (Å²) in [5.41, 5.74) is 0.828. The number of carbonyl (C=O) groups is 1. The lowest BCUT2D eigenvalue weighted by molar-refractivity contribution is 0.185.